The van der Waals surface area contributed by atoms with Gasteiger partial charge in [-0.2, -0.15) is 17.5 Å². The Labute approximate surface area is 177 Å². The number of ether oxygens (including phenoxy) is 1. The Morgan fingerprint density at radius 3 is 2.61 bits per heavy atom. The van der Waals surface area contributed by atoms with Gasteiger partial charge in [-0.05, 0) is 54.7 Å². The molecule has 1 aliphatic rings. The first kappa shape index (κ1) is 23.3. The van der Waals surface area contributed by atoms with Crippen LogP contribution in [0.2, 0.25) is 0 Å². The smallest absolute Gasteiger partial charge is 0.416 e. The maximum atomic E-state index is 13.8. The van der Waals surface area contributed by atoms with Gasteiger partial charge in [0.15, 0.2) is 6.61 Å². The van der Waals surface area contributed by atoms with Crippen molar-refractivity contribution in [2.45, 2.75) is 36.4 Å². The number of aliphatic carboxylic acids is 1. The molecule has 0 heterocycles. The van der Waals surface area contributed by atoms with Crippen LogP contribution in [0.15, 0.2) is 41.3 Å². The number of hydrogen-bond acceptors (Lipinski definition) is 5. The Morgan fingerprint density at radius 1 is 1.26 bits per heavy atom. The molecular weight excluding hydrogens is 442 g/mol. The summed E-state index contributed by atoms with van der Waals surface area (Å²) in [6.45, 7) is -0.546. The predicted octanol–water partition coefficient (Wildman–Crippen LogP) is 5.34. The van der Waals surface area contributed by atoms with Gasteiger partial charge in [0, 0.05) is 7.05 Å². The summed E-state index contributed by atoms with van der Waals surface area (Å²) in [6.07, 6.45) is -3.23. The van der Waals surface area contributed by atoms with Gasteiger partial charge in [0.2, 0.25) is 0 Å². The molecule has 0 aliphatic heterocycles. The largest absolute Gasteiger partial charge is 0.482 e. The van der Waals surface area contributed by atoms with Crippen LogP contribution >= 0.6 is 10.8 Å². The van der Waals surface area contributed by atoms with Crippen molar-refractivity contribution in [3.63, 3.8) is 0 Å². The number of hydrogen-bond donors (Lipinski definition) is 3. The summed E-state index contributed by atoms with van der Waals surface area (Å²) in [7, 11) is -2.62. The Morgan fingerprint density at radius 2 is 1.97 bits per heavy atom. The zero-order valence-electron chi connectivity index (χ0n) is 16.4. The second-order valence-corrected chi connectivity index (χ2v) is 9.24. The number of rotatable bonds is 6. The maximum absolute atomic E-state index is 13.8. The molecule has 0 fully saturated rings. The molecule has 0 saturated heterocycles. The van der Waals surface area contributed by atoms with Gasteiger partial charge in [0.1, 0.15) is 11.6 Å². The number of carboxylic acids is 1. The molecule has 2 aromatic rings. The number of halogens is 4. The van der Waals surface area contributed by atoms with Crippen molar-refractivity contribution >= 4 is 16.7 Å². The summed E-state index contributed by atoms with van der Waals surface area (Å²) in [5.74, 6) is -2.03. The van der Waals surface area contributed by atoms with Gasteiger partial charge in [0.05, 0.1) is 16.5 Å². The van der Waals surface area contributed by atoms with E-state index in [-0.39, 0.29) is 0 Å². The molecule has 0 saturated carbocycles. The monoisotopic (exact) mass is 463 g/mol. The molecule has 0 radical (unpaired) electrons. The van der Waals surface area contributed by atoms with Gasteiger partial charge in [0.25, 0.3) is 0 Å². The molecular formula is C20H21F4NO5S. The molecule has 0 amide bonds. The predicted molar refractivity (Wildman–Crippen MR) is 106 cm³/mol. The fraction of sp³-hybridized carbons (Fsp3) is 0.350. The Hall–Kier alpha value is -2.34. The van der Waals surface area contributed by atoms with Gasteiger partial charge >= 0.3 is 12.1 Å². The lowest BCUT2D eigenvalue weighted by molar-refractivity contribution is -0.139. The number of benzene rings is 2. The second kappa shape index (κ2) is 8.65. The molecule has 2 aromatic carbocycles. The summed E-state index contributed by atoms with van der Waals surface area (Å²) in [5.41, 5.74) is 0.0191. The van der Waals surface area contributed by atoms with Crippen LogP contribution < -0.4 is 4.74 Å². The Balaban J connectivity index is 1.97. The van der Waals surface area contributed by atoms with Crippen LogP contribution in [-0.4, -0.2) is 38.1 Å². The highest BCUT2D eigenvalue weighted by molar-refractivity contribution is 8.22. The van der Waals surface area contributed by atoms with Crippen LogP contribution in [0.25, 0.3) is 0 Å². The summed E-state index contributed by atoms with van der Waals surface area (Å²) in [5, 5.41) is 8.85. The van der Waals surface area contributed by atoms with E-state index in [1.807, 2.05) is 0 Å². The van der Waals surface area contributed by atoms with E-state index in [9.17, 15) is 31.5 Å². The van der Waals surface area contributed by atoms with Gasteiger partial charge in [-0.15, -0.1) is 10.8 Å². The third-order valence-electron chi connectivity index (χ3n) is 5.14. The lowest BCUT2D eigenvalue weighted by atomic mass is 9.87. The van der Waals surface area contributed by atoms with E-state index in [1.54, 1.807) is 18.2 Å². The van der Waals surface area contributed by atoms with Crippen molar-refractivity contribution in [2.75, 3.05) is 13.7 Å². The normalized spacial score (nSPS) is 17.4. The SMILES string of the molecule is CN([C@@H]1CCCc2c(OCC(=O)O)cccc21)S(O)(O)c1cc(F)cc(C(F)(F)F)c1. The third kappa shape index (κ3) is 4.95. The average Bonchev–Trinajstić information content (AvgIpc) is 2.70. The molecule has 11 heteroatoms. The summed E-state index contributed by atoms with van der Waals surface area (Å²) in [4.78, 5) is 10.2. The summed E-state index contributed by atoms with van der Waals surface area (Å²) >= 11 is 0. The Kier molecular flexibility index (Phi) is 6.51. The molecule has 1 atom stereocenters. The van der Waals surface area contributed by atoms with E-state index in [1.165, 1.54) is 7.05 Å². The molecule has 3 rings (SSSR count). The van der Waals surface area contributed by atoms with Crippen LogP contribution in [0.3, 0.4) is 0 Å². The van der Waals surface area contributed by atoms with Gasteiger partial charge in [-0.1, -0.05) is 12.1 Å². The summed E-state index contributed by atoms with van der Waals surface area (Å²) in [6, 6.07) is 5.83. The molecule has 0 aromatic heterocycles. The number of carboxylic acid groups (broad SMARTS) is 1. The van der Waals surface area contributed by atoms with Crippen molar-refractivity contribution in [2.24, 2.45) is 0 Å². The van der Waals surface area contributed by atoms with Gasteiger partial charge < -0.3 is 9.84 Å². The number of nitrogens with zero attached hydrogens (tertiary/aromatic N) is 1. The van der Waals surface area contributed by atoms with Crippen molar-refractivity contribution in [3.8, 4) is 5.75 Å². The van der Waals surface area contributed by atoms with Crippen LogP contribution in [0, 0.1) is 5.82 Å². The van der Waals surface area contributed by atoms with E-state index >= 15 is 0 Å². The van der Waals surface area contributed by atoms with Crippen LogP contribution in [0.5, 0.6) is 5.75 Å². The fourth-order valence-corrected chi connectivity index (χ4v) is 5.13. The highest BCUT2D eigenvalue weighted by Gasteiger charge is 2.37. The first-order valence-electron chi connectivity index (χ1n) is 9.26. The quantitative estimate of drug-likeness (QED) is 0.501. The molecule has 6 nitrogen and oxygen atoms in total. The topological polar surface area (TPSA) is 90.2 Å². The molecule has 3 N–H and O–H groups in total. The number of fused-ring (bicyclic) bond motifs is 1. The fourth-order valence-electron chi connectivity index (χ4n) is 3.67. The van der Waals surface area contributed by atoms with E-state index in [0.717, 1.165) is 4.31 Å². The van der Waals surface area contributed by atoms with E-state index < -0.39 is 51.8 Å². The lowest BCUT2D eigenvalue weighted by Gasteiger charge is -2.46. The zero-order chi connectivity index (χ0) is 23.0. The lowest BCUT2D eigenvalue weighted by Crippen LogP contribution is -2.31. The van der Waals surface area contributed by atoms with Crippen molar-refractivity contribution < 1.29 is 41.3 Å². The van der Waals surface area contributed by atoms with E-state index in [4.69, 9.17) is 9.84 Å². The van der Waals surface area contributed by atoms with Crippen LogP contribution in [0.4, 0.5) is 17.6 Å². The van der Waals surface area contributed by atoms with E-state index in [0.29, 0.717) is 54.3 Å². The zero-order valence-corrected chi connectivity index (χ0v) is 17.2. The standard InChI is InChI=1S/C20H21F4NO5S/c1-25(31(28,29)14-9-12(20(22,23)24)8-13(21)10-14)17-6-2-5-16-15(17)4-3-7-18(16)30-11-19(26)27/h3-4,7-10,17,28-29H,2,5-6,11H2,1H3,(H,26,27)/t17-/m1/s1. The molecule has 0 unspecified atom stereocenters. The van der Waals surface area contributed by atoms with Gasteiger partial charge in [-0.25, -0.2) is 9.18 Å². The maximum Gasteiger partial charge on any atom is 0.416 e. The van der Waals surface area contributed by atoms with Crippen molar-refractivity contribution in [1.82, 2.24) is 4.31 Å². The highest BCUT2D eigenvalue weighted by atomic mass is 32.3. The minimum Gasteiger partial charge on any atom is -0.482 e. The number of carbonyl (C=O) groups is 1. The first-order chi connectivity index (χ1) is 14.4. The third-order valence-corrected chi connectivity index (χ3v) is 7.06. The van der Waals surface area contributed by atoms with Crippen molar-refractivity contribution in [1.29, 1.82) is 0 Å². The summed E-state index contributed by atoms with van der Waals surface area (Å²) < 4.78 is 81.2. The van der Waals surface area contributed by atoms with Crippen LogP contribution in [0.1, 0.15) is 35.6 Å². The van der Waals surface area contributed by atoms with Crippen molar-refractivity contribution in [3.05, 3.63) is 58.9 Å². The average molecular weight is 463 g/mol. The first-order valence-corrected chi connectivity index (χ1v) is 10.8. The molecule has 1 aliphatic carbocycles. The molecule has 170 valence electrons. The Bertz CT molecular complexity index is 983. The molecule has 0 spiro atoms. The molecule has 31 heavy (non-hydrogen) atoms. The second-order valence-electron chi connectivity index (χ2n) is 7.15. The highest BCUT2D eigenvalue weighted by Crippen LogP contribution is 2.57. The number of alkyl halides is 3. The minimum absolute atomic E-state index is 0.293. The molecule has 0 bridgehead atoms. The van der Waals surface area contributed by atoms with E-state index in [2.05, 4.69) is 0 Å². The minimum atomic E-state index is -4.85. The van der Waals surface area contributed by atoms with Gasteiger partial charge in [-0.3, -0.25) is 9.11 Å². The van der Waals surface area contributed by atoms with Crippen LogP contribution in [-0.2, 0) is 17.4 Å².